The molecule has 1 saturated carbocycles. The molecule has 3 rings (SSSR count). The highest BCUT2D eigenvalue weighted by Gasteiger charge is 2.27. The largest absolute Gasteiger partial charge is 0.385 e. The van der Waals surface area contributed by atoms with Crippen molar-refractivity contribution in [1.29, 1.82) is 0 Å². The number of hydrogen-bond acceptors (Lipinski definition) is 8. The molecule has 0 radical (unpaired) electrons. The summed E-state index contributed by atoms with van der Waals surface area (Å²) < 4.78 is 9.13. The van der Waals surface area contributed by atoms with Crippen LogP contribution in [0, 0.1) is 0 Å². The Labute approximate surface area is 140 Å². The average Bonchev–Trinajstić information content (AvgIpc) is 3.05. The van der Waals surface area contributed by atoms with E-state index in [2.05, 4.69) is 31.1 Å². The van der Waals surface area contributed by atoms with Crippen LogP contribution in [0.15, 0.2) is 0 Å². The normalized spacial score (nSPS) is 16.5. The molecule has 0 aliphatic heterocycles. The molecule has 10 nitrogen and oxygen atoms in total. The van der Waals surface area contributed by atoms with Gasteiger partial charge in [-0.2, -0.15) is 0 Å². The second-order valence-corrected chi connectivity index (χ2v) is 7.06. The zero-order valence-corrected chi connectivity index (χ0v) is 14.3. The van der Waals surface area contributed by atoms with Gasteiger partial charge in [0, 0.05) is 19.4 Å². The number of aliphatic hydroxyl groups excluding tert-OH is 1. The van der Waals surface area contributed by atoms with Crippen LogP contribution in [0.2, 0.25) is 0 Å². The van der Waals surface area contributed by atoms with Crippen LogP contribution in [-0.4, -0.2) is 58.7 Å². The molecule has 132 valence electrons. The van der Waals surface area contributed by atoms with E-state index in [9.17, 15) is 5.11 Å². The molecule has 1 fully saturated rings. The van der Waals surface area contributed by atoms with Gasteiger partial charge in [0.25, 0.3) is 0 Å². The summed E-state index contributed by atoms with van der Waals surface area (Å²) in [5.41, 5.74) is -0.277. The first kappa shape index (κ1) is 16.9. The molecule has 0 aromatic carbocycles. The topological polar surface area (TPSA) is 117 Å². The van der Waals surface area contributed by atoms with Crippen molar-refractivity contribution in [2.45, 2.75) is 64.1 Å². The maximum atomic E-state index is 10.3. The Bertz CT molecular complexity index is 658. The molecule has 0 bridgehead atoms. The molecule has 1 unspecified atom stereocenters. The second-order valence-electron chi connectivity index (χ2n) is 7.06. The quantitative estimate of drug-likeness (QED) is 0.690. The number of aromatic nitrogens is 8. The third-order valence-corrected chi connectivity index (χ3v) is 3.89. The summed E-state index contributed by atoms with van der Waals surface area (Å²) in [6, 6.07) is 0.466. The van der Waals surface area contributed by atoms with Gasteiger partial charge in [0.15, 0.2) is 11.6 Å². The van der Waals surface area contributed by atoms with Crippen molar-refractivity contribution in [3.05, 3.63) is 11.6 Å². The van der Waals surface area contributed by atoms with Gasteiger partial charge in [0.1, 0.15) is 6.10 Å². The summed E-state index contributed by atoms with van der Waals surface area (Å²) >= 11 is 0. The lowest BCUT2D eigenvalue weighted by Gasteiger charge is -2.21. The predicted molar refractivity (Wildman–Crippen MR) is 83.0 cm³/mol. The van der Waals surface area contributed by atoms with E-state index >= 15 is 0 Å². The number of hydrogen-bond donors (Lipinski definition) is 1. The van der Waals surface area contributed by atoms with Crippen molar-refractivity contribution >= 4 is 0 Å². The molecule has 0 saturated heterocycles. The number of aliphatic hydroxyl groups is 1. The Hall–Kier alpha value is -1.94. The fourth-order valence-electron chi connectivity index (χ4n) is 2.45. The summed E-state index contributed by atoms with van der Waals surface area (Å²) in [7, 11) is 0. The van der Waals surface area contributed by atoms with Gasteiger partial charge in [-0.3, -0.25) is 0 Å². The van der Waals surface area contributed by atoms with E-state index in [1.54, 1.807) is 4.68 Å². The highest BCUT2D eigenvalue weighted by molar-refractivity contribution is 4.92. The zero-order valence-electron chi connectivity index (χ0n) is 14.3. The smallest absolute Gasteiger partial charge is 0.180 e. The SMILES string of the molecule is CC(C)(C)n1nnnc1C(O)CCOCCc1nnnn1C1CC1. The van der Waals surface area contributed by atoms with Crippen LogP contribution in [0.25, 0.3) is 0 Å². The standard InChI is InChI=1S/C14H24N8O2/c1-14(2,3)22-13(16-18-20-22)11(23)6-8-24-9-7-12-15-17-19-21(12)10-4-5-10/h10-11,23H,4-9H2,1-3H3. The molecule has 1 aliphatic carbocycles. The fraction of sp³-hybridized carbons (Fsp3) is 0.857. The molecule has 2 aromatic heterocycles. The van der Waals surface area contributed by atoms with Crippen molar-refractivity contribution in [1.82, 2.24) is 40.4 Å². The van der Waals surface area contributed by atoms with Gasteiger partial charge in [-0.25, -0.2) is 9.36 Å². The lowest BCUT2D eigenvalue weighted by Crippen LogP contribution is -2.27. The van der Waals surface area contributed by atoms with Crippen molar-refractivity contribution in [3.8, 4) is 0 Å². The number of nitrogens with zero attached hydrogens (tertiary/aromatic N) is 8. The van der Waals surface area contributed by atoms with E-state index in [0.717, 1.165) is 18.7 Å². The molecular weight excluding hydrogens is 312 g/mol. The van der Waals surface area contributed by atoms with E-state index < -0.39 is 6.10 Å². The van der Waals surface area contributed by atoms with Gasteiger partial charge in [0.05, 0.1) is 18.2 Å². The Morgan fingerprint density at radius 3 is 2.62 bits per heavy atom. The van der Waals surface area contributed by atoms with Crippen molar-refractivity contribution < 1.29 is 9.84 Å². The number of ether oxygens (including phenoxy) is 1. The highest BCUT2D eigenvalue weighted by Crippen LogP contribution is 2.34. The van der Waals surface area contributed by atoms with E-state index in [1.807, 2.05) is 25.5 Å². The Morgan fingerprint density at radius 2 is 1.92 bits per heavy atom. The van der Waals surface area contributed by atoms with E-state index in [-0.39, 0.29) is 5.54 Å². The zero-order chi connectivity index (χ0) is 17.2. The van der Waals surface area contributed by atoms with Gasteiger partial charge in [0.2, 0.25) is 0 Å². The van der Waals surface area contributed by atoms with Gasteiger partial charge in [-0.1, -0.05) is 0 Å². The molecule has 24 heavy (non-hydrogen) atoms. The highest BCUT2D eigenvalue weighted by atomic mass is 16.5. The minimum atomic E-state index is -0.754. The molecule has 1 atom stereocenters. The molecule has 0 amide bonds. The molecule has 0 spiro atoms. The molecule has 1 aliphatic rings. The first-order valence-corrected chi connectivity index (χ1v) is 8.28. The summed E-state index contributed by atoms with van der Waals surface area (Å²) in [5, 5.41) is 33.6. The van der Waals surface area contributed by atoms with Crippen LogP contribution < -0.4 is 0 Å². The van der Waals surface area contributed by atoms with Gasteiger partial charge < -0.3 is 9.84 Å². The second kappa shape index (κ2) is 6.89. The maximum Gasteiger partial charge on any atom is 0.180 e. The van der Waals surface area contributed by atoms with Crippen LogP contribution in [0.5, 0.6) is 0 Å². The van der Waals surface area contributed by atoms with E-state index in [0.29, 0.717) is 37.9 Å². The third-order valence-electron chi connectivity index (χ3n) is 3.89. The molecule has 10 heteroatoms. The summed E-state index contributed by atoms with van der Waals surface area (Å²) in [5.74, 6) is 1.32. The first-order chi connectivity index (χ1) is 11.5. The first-order valence-electron chi connectivity index (χ1n) is 8.28. The Kier molecular flexibility index (Phi) is 4.86. The molecule has 2 aromatic rings. The van der Waals surface area contributed by atoms with Crippen LogP contribution in [0.1, 0.15) is 63.8 Å². The fourth-order valence-corrected chi connectivity index (χ4v) is 2.45. The van der Waals surface area contributed by atoms with Crippen LogP contribution in [-0.2, 0) is 16.7 Å². The van der Waals surface area contributed by atoms with Crippen molar-refractivity contribution in [2.24, 2.45) is 0 Å². The number of rotatable bonds is 8. The minimum Gasteiger partial charge on any atom is -0.385 e. The maximum absolute atomic E-state index is 10.3. The molecular formula is C14H24N8O2. The summed E-state index contributed by atoms with van der Waals surface area (Å²) in [6.07, 6.45) is 2.64. The molecule has 1 N–H and O–H groups in total. The average molecular weight is 336 g/mol. The van der Waals surface area contributed by atoms with Gasteiger partial charge in [-0.15, -0.1) is 10.2 Å². The van der Waals surface area contributed by atoms with Gasteiger partial charge in [-0.05, 0) is 54.5 Å². The summed E-state index contributed by atoms with van der Waals surface area (Å²) in [6.45, 7) is 6.90. The summed E-state index contributed by atoms with van der Waals surface area (Å²) in [4.78, 5) is 0. The minimum absolute atomic E-state index is 0.277. The van der Waals surface area contributed by atoms with Crippen LogP contribution in [0.4, 0.5) is 0 Å². The van der Waals surface area contributed by atoms with Crippen molar-refractivity contribution in [3.63, 3.8) is 0 Å². The number of tetrazole rings is 2. The van der Waals surface area contributed by atoms with Crippen molar-refractivity contribution in [2.75, 3.05) is 13.2 Å². The Morgan fingerprint density at radius 1 is 1.17 bits per heavy atom. The lowest BCUT2D eigenvalue weighted by molar-refractivity contribution is 0.0736. The third kappa shape index (κ3) is 3.93. The molecule has 2 heterocycles. The lowest BCUT2D eigenvalue weighted by atomic mass is 10.1. The van der Waals surface area contributed by atoms with Crippen LogP contribution in [0.3, 0.4) is 0 Å². The van der Waals surface area contributed by atoms with Crippen LogP contribution >= 0.6 is 0 Å². The van der Waals surface area contributed by atoms with Gasteiger partial charge >= 0.3 is 0 Å². The van der Waals surface area contributed by atoms with E-state index in [4.69, 9.17) is 4.74 Å². The predicted octanol–water partition coefficient (Wildman–Crippen LogP) is 0.432. The Balaban J connectivity index is 1.42. The van der Waals surface area contributed by atoms with E-state index in [1.165, 1.54) is 0 Å². The monoisotopic (exact) mass is 336 g/mol.